The van der Waals surface area contributed by atoms with Gasteiger partial charge in [-0.25, -0.2) is 0 Å². The third-order valence-corrected chi connectivity index (χ3v) is 5.06. The zero-order chi connectivity index (χ0) is 22.0. The van der Waals surface area contributed by atoms with Crippen molar-refractivity contribution in [2.75, 3.05) is 12.0 Å². The minimum Gasteiger partial charge on any atom is -0.504 e. The summed E-state index contributed by atoms with van der Waals surface area (Å²) in [6.07, 6.45) is 3.51. The zero-order valence-corrected chi connectivity index (χ0v) is 17.8. The average Bonchev–Trinajstić information content (AvgIpc) is 2.70. The van der Waals surface area contributed by atoms with E-state index < -0.39 is 11.8 Å². The highest BCUT2D eigenvalue weighted by atomic mass is 32.1. The highest BCUT2D eigenvalue weighted by molar-refractivity contribution is 7.80. The molecule has 2 aromatic carbocycles. The number of nitrogens with one attached hydrogen (secondary N) is 1. The summed E-state index contributed by atoms with van der Waals surface area (Å²) in [4.78, 5) is 27.2. The first-order chi connectivity index (χ1) is 14.3. The van der Waals surface area contributed by atoms with Crippen molar-refractivity contribution in [3.8, 4) is 11.5 Å². The van der Waals surface area contributed by atoms with Gasteiger partial charge in [-0.1, -0.05) is 18.2 Å². The van der Waals surface area contributed by atoms with Crippen molar-refractivity contribution in [3.63, 3.8) is 0 Å². The van der Waals surface area contributed by atoms with Crippen LogP contribution < -0.4 is 15.0 Å². The molecule has 0 atom stereocenters. The highest BCUT2D eigenvalue weighted by Crippen LogP contribution is 2.33. The molecular formula is C23H22N2O4S. The van der Waals surface area contributed by atoms with Crippen molar-refractivity contribution in [1.82, 2.24) is 5.32 Å². The molecule has 1 fully saturated rings. The van der Waals surface area contributed by atoms with Gasteiger partial charge in [0, 0.05) is 5.56 Å². The first kappa shape index (κ1) is 21.3. The first-order valence-electron chi connectivity index (χ1n) is 9.26. The quantitative estimate of drug-likeness (QED) is 0.333. The van der Waals surface area contributed by atoms with Crippen LogP contribution >= 0.6 is 12.2 Å². The molecule has 0 spiro atoms. The number of amides is 2. The third-order valence-electron chi connectivity index (χ3n) is 4.78. The Labute approximate surface area is 180 Å². The highest BCUT2D eigenvalue weighted by Gasteiger charge is 2.35. The molecule has 2 N–H and O–H groups in total. The third kappa shape index (κ3) is 3.97. The molecule has 2 aromatic rings. The number of anilines is 1. The Kier molecular flexibility index (Phi) is 6.03. The number of benzene rings is 2. The summed E-state index contributed by atoms with van der Waals surface area (Å²) < 4.78 is 5.22. The van der Waals surface area contributed by atoms with Crippen LogP contribution in [0.4, 0.5) is 5.69 Å². The van der Waals surface area contributed by atoms with Crippen molar-refractivity contribution in [1.29, 1.82) is 0 Å². The van der Waals surface area contributed by atoms with Crippen LogP contribution in [-0.4, -0.2) is 29.1 Å². The van der Waals surface area contributed by atoms with Gasteiger partial charge in [0.2, 0.25) is 0 Å². The van der Waals surface area contributed by atoms with E-state index in [1.54, 1.807) is 18.2 Å². The van der Waals surface area contributed by atoms with E-state index in [9.17, 15) is 14.7 Å². The van der Waals surface area contributed by atoms with Gasteiger partial charge in [-0.3, -0.25) is 19.8 Å². The van der Waals surface area contributed by atoms with Gasteiger partial charge in [0.1, 0.15) is 5.57 Å². The fraction of sp³-hybridized carbons (Fsp3) is 0.174. The Hall–Kier alpha value is -3.45. The molecule has 0 aliphatic carbocycles. The number of aromatic hydroxyl groups is 1. The summed E-state index contributed by atoms with van der Waals surface area (Å²) in [6, 6.07) is 8.93. The molecule has 0 bridgehead atoms. The Morgan fingerprint density at radius 1 is 1.23 bits per heavy atom. The number of ether oxygens (including phenoxy) is 1. The molecule has 2 amide bonds. The number of carbonyl (C=O) groups excluding carboxylic acids is 2. The van der Waals surface area contributed by atoms with Gasteiger partial charge in [-0.05, 0) is 73.5 Å². The lowest BCUT2D eigenvalue weighted by molar-refractivity contribution is -0.122. The first-order valence-corrected chi connectivity index (χ1v) is 9.67. The SMILES string of the molecule is C=CCc1cc(/C=C2\C(=O)NC(=S)N(c3cc(C)ccc3C)C2=O)cc(OC)c1O. The fourth-order valence-corrected chi connectivity index (χ4v) is 3.52. The second-order valence-electron chi connectivity index (χ2n) is 6.97. The maximum Gasteiger partial charge on any atom is 0.270 e. The van der Waals surface area contributed by atoms with Crippen LogP contribution in [0.3, 0.4) is 0 Å². The van der Waals surface area contributed by atoms with Crippen LogP contribution in [0.25, 0.3) is 6.08 Å². The molecule has 1 aliphatic heterocycles. The molecule has 6 nitrogen and oxygen atoms in total. The number of hydrogen-bond donors (Lipinski definition) is 2. The summed E-state index contributed by atoms with van der Waals surface area (Å²) in [5, 5.41) is 12.9. The van der Waals surface area contributed by atoms with Crippen molar-refractivity contribution >= 4 is 40.9 Å². The fourth-order valence-electron chi connectivity index (χ4n) is 3.24. The summed E-state index contributed by atoms with van der Waals surface area (Å²) >= 11 is 5.28. The van der Waals surface area contributed by atoms with Crippen molar-refractivity contribution in [2.45, 2.75) is 20.3 Å². The van der Waals surface area contributed by atoms with Crippen LogP contribution in [0.2, 0.25) is 0 Å². The minimum atomic E-state index is -0.580. The van der Waals surface area contributed by atoms with Crippen molar-refractivity contribution < 1.29 is 19.4 Å². The van der Waals surface area contributed by atoms with E-state index in [4.69, 9.17) is 17.0 Å². The number of phenolic OH excluding ortho intramolecular Hbond substituents is 1. The normalized spacial score (nSPS) is 15.4. The molecule has 0 radical (unpaired) electrons. The standard InChI is InChI=1S/C23H22N2O4S/c1-5-6-16-10-15(12-19(29-4)20(16)26)11-17-21(27)24-23(30)25(22(17)28)18-9-13(2)7-8-14(18)3/h5,7-12,26H,1,6H2,2-4H3,(H,24,27,30)/b17-11+. The van der Waals surface area contributed by atoms with E-state index in [2.05, 4.69) is 11.9 Å². The summed E-state index contributed by atoms with van der Waals surface area (Å²) in [5.41, 5.74) is 3.47. The predicted molar refractivity (Wildman–Crippen MR) is 121 cm³/mol. The number of allylic oxidation sites excluding steroid dienone is 1. The number of aryl methyl sites for hydroxylation is 2. The van der Waals surface area contributed by atoms with Gasteiger partial charge in [-0.15, -0.1) is 6.58 Å². The molecule has 0 aromatic heterocycles. The number of carbonyl (C=O) groups is 2. The second-order valence-corrected chi connectivity index (χ2v) is 7.36. The van der Waals surface area contributed by atoms with E-state index in [0.29, 0.717) is 23.2 Å². The maximum absolute atomic E-state index is 13.3. The van der Waals surface area contributed by atoms with Gasteiger partial charge in [0.05, 0.1) is 12.8 Å². The lowest BCUT2D eigenvalue weighted by Crippen LogP contribution is -2.54. The van der Waals surface area contributed by atoms with Crippen LogP contribution in [0.1, 0.15) is 22.3 Å². The van der Waals surface area contributed by atoms with Crippen LogP contribution in [0.15, 0.2) is 48.6 Å². The van der Waals surface area contributed by atoms with Crippen LogP contribution in [-0.2, 0) is 16.0 Å². The smallest absolute Gasteiger partial charge is 0.270 e. The lowest BCUT2D eigenvalue weighted by Gasteiger charge is -2.30. The van der Waals surface area contributed by atoms with Gasteiger partial charge in [0.15, 0.2) is 16.6 Å². The molecule has 0 unspecified atom stereocenters. The zero-order valence-electron chi connectivity index (χ0n) is 17.0. The molecule has 1 heterocycles. The van der Waals surface area contributed by atoms with E-state index in [0.717, 1.165) is 11.1 Å². The number of hydrogen-bond acceptors (Lipinski definition) is 5. The maximum atomic E-state index is 13.3. The molecule has 0 saturated carbocycles. The Morgan fingerprint density at radius 2 is 1.97 bits per heavy atom. The Bertz CT molecular complexity index is 1100. The molecular weight excluding hydrogens is 400 g/mol. The van der Waals surface area contributed by atoms with Gasteiger partial charge >= 0.3 is 0 Å². The average molecular weight is 423 g/mol. The van der Waals surface area contributed by atoms with Crippen molar-refractivity contribution in [3.05, 3.63) is 70.8 Å². The summed E-state index contributed by atoms with van der Waals surface area (Å²) in [5.74, 6) is -0.859. The summed E-state index contributed by atoms with van der Waals surface area (Å²) in [7, 11) is 1.43. The largest absolute Gasteiger partial charge is 0.504 e. The van der Waals surface area contributed by atoms with Crippen LogP contribution in [0.5, 0.6) is 11.5 Å². The summed E-state index contributed by atoms with van der Waals surface area (Å²) in [6.45, 7) is 7.47. The molecule has 3 rings (SSSR count). The van der Waals surface area contributed by atoms with E-state index >= 15 is 0 Å². The van der Waals surface area contributed by atoms with E-state index in [1.807, 2.05) is 32.0 Å². The van der Waals surface area contributed by atoms with E-state index in [1.165, 1.54) is 18.1 Å². The monoisotopic (exact) mass is 422 g/mol. The van der Waals surface area contributed by atoms with Gasteiger partial charge in [0.25, 0.3) is 11.8 Å². The topological polar surface area (TPSA) is 78.9 Å². The molecule has 1 aliphatic rings. The molecule has 7 heteroatoms. The van der Waals surface area contributed by atoms with E-state index in [-0.39, 0.29) is 22.2 Å². The van der Waals surface area contributed by atoms with Crippen molar-refractivity contribution in [2.24, 2.45) is 0 Å². The Balaban J connectivity index is 2.10. The predicted octanol–water partition coefficient (Wildman–Crippen LogP) is 3.58. The molecule has 30 heavy (non-hydrogen) atoms. The van der Waals surface area contributed by atoms with Gasteiger partial charge in [-0.2, -0.15) is 0 Å². The van der Waals surface area contributed by atoms with Gasteiger partial charge < -0.3 is 9.84 Å². The lowest BCUT2D eigenvalue weighted by atomic mass is 10.0. The number of rotatable bonds is 5. The number of nitrogens with zero attached hydrogens (tertiary/aromatic N) is 1. The number of methoxy groups -OCH3 is 1. The Morgan fingerprint density at radius 3 is 2.63 bits per heavy atom. The number of phenols is 1. The minimum absolute atomic E-state index is 0.00263. The number of thiocarbonyl (C=S) groups is 1. The second kappa shape index (κ2) is 8.51. The molecule has 1 saturated heterocycles. The molecule has 154 valence electrons. The van der Waals surface area contributed by atoms with Crippen LogP contribution in [0, 0.1) is 13.8 Å².